The predicted molar refractivity (Wildman–Crippen MR) is 68.1 cm³/mol. The third-order valence-corrected chi connectivity index (χ3v) is 5.05. The molecule has 0 spiro atoms. The van der Waals surface area contributed by atoms with Crippen LogP contribution in [0.5, 0.6) is 0 Å². The van der Waals surface area contributed by atoms with Crippen molar-refractivity contribution in [1.82, 2.24) is 4.98 Å². The molecule has 8 heteroatoms. The van der Waals surface area contributed by atoms with Crippen molar-refractivity contribution in [1.29, 1.82) is 0 Å². The van der Waals surface area contributed by atoms with E-state index < -0.39 is 16.8 Å². The first-order valence-corrected chi connectivity index (χ1v) is 6.97. The van der Waals surface area contributed by atoms with E-state index in [2.05, 4.69) is 10.3 Å². The Labute approximate surface area is 112 Å². The van der Waals surface area contributed by atoms with Crippen molar-refractivity contribution in [2.24, 2.45) is 17.8 Å². The molecule has 2 bridgehead atoms. The first-order chi connectivity index (χ1) is 9.06. The molecule has 0 amide bonds. The largest absolute Gasteiger partial charge is 0.481 e. The van der Waals surface area contributed by atoms with Crippen molar-refractivity contribution in [2.75, 3.05) is 5.32 Å². The van der Waals surface area contributed by atoms with E-state index in [0.717, 1.165) is 30.6 Å². The van der Waals surface area contributed by atoms with E-state index in [1.165, 1.54) is 6.20 Å². The van der Waals surface area contributed by atoms with Gasteiger partial charge in [0.15, 0.2) is 5.13 Å². The third-order valence-electron chi connectivity index (χ3n) is 4.17. The van der Waals surface area contributed by atoms with Gasteiger partial charge in [-0.2, -0.15) is 0 Å². The van der Waals surface area contributed by atoms with Crippen LogP contribution in [0.2, 0.25) is 0 Å². The normalized spacial score (nSPS) is 32.4. The maximum atomic E-state index is 11.3. The van der Waals surface area contributed by atoms with Crippen LogP contribution in [0.3, 0.4) is 0 Å². The number of rotatable bonds is 4. The number of anilines is 1. The van der Waals surface area contributed by atoms with E-state index in [-0.39, 0.29) is 17.0 Å². The number of carbonyl (C=O) groups is 1. The molecule has 19 heavy (non-hydrogen) atoms. The van der Waals surface area contributed by atoms with Gasteiger partial charge in [0.25, 0.3) is 0 Å². The lowest BCUT2D eigenvalue weighted by Gasteiger charge is -2.28. The van der Waals surface area contributed by atoms with Gasteiger partial charge in [0.05, 0.1) is 10.8 Å². The first kappa shape index (κ1) is 12.3. The standard InChI is InChI=1S/C11H13N3O4S/c15-10(16)8-5-1-2-6(3-5)9(8)13-11-12-4-7(19-11)14(17)18/h4-6,8-9H,1-3H2,(H,12,13)(H,15,16). The van der Waals surface area contributed by atoms with Gasteiger partial charge < -0.3 is 10.4 Å². The number of carboxylic acid groups (broad SMARTS) is 1. The molecule has 1 aromatic heterocycles. The van der Waals surface area contributed by atoms with Crippen LogP contribution in [0.4, 0.5) is 10.1 Å². The Balaban J connectivity index is 1.77. The minimum absolute atomic E-state index is 0.0301. The number of carboxylic acids is 1. The van der Waals surface area contributed by atoms with Crippen molar-refractivity contribution in [3.8, 4) is 0 Å². The van der Waals surface area contributed by atoms with Gasteiger partial charge in [-0.1, -0.05) is 0 Å². The molecule has 2 N–H and O–H groups in total. The lowest BCUT2D eigenvalue weighted by atomic mass is 9.84. The zero-order chi connectivity index (χ0) is 13.6. The molecule has 4 atom stereocenters. The van der Waals surface area contributed by atoms with Crippen LogP contribution >= 0.6 is 11.3 Å². The van der Waals surface area contributed by atoms with Crippen LogP contribution in [0.25, 0.3) is 0 Å². The van der Waals surface area contributed by atoms with Crippen LogP contribution in [0.1, 0.15) is 19.3 Å². The van der Waals surface area contributed by atoms with Gasteiger partial charge in [-0.3, -0.25) is 14.9 Å². The van der Waals surface area contributed by atoms with Crippen LogP contribution in [0, 0.1) is 27.9 Å². The van der Waals surface area contributed by atoms with Crippen molar-refractivity contribution in [3.63, 3.8) is 0 Å². The molecular weight excluding hydrogens is 270 g/mol. The summed E-state index contributed by atoms with van der Waals surface area (Å²) in [4.78, 5) is 25.4. The van der Waals surface area contributed by atoms with Gasteiger partial charge in [0.1, 0.15) is 6.20 Å². The number of aromatic nitrogens is 1. The second-order valence-corrected chi connectivity index (χ2v) is 6.14. The summed E-state index contributed by atoms with van der Waals surface area (Å²) in [6, 6.07) is -0.151. The van der Waals surface area contributed by atoms with Gasteiger partial charge in [-0.25, -0.2) is 4.98 Å². The maximum absolute atomic E-state index is 11.3. The smallest absolute Gasteiger partial charge is 0.345 e. The average Bonchev–Trinajstić information content (AvgIpc) is 3.02. The highest BCUT2D eigenvalue weighted by molar-refractivity contribution is 7.18. The summed E-state index contributed by atoms with van der Waals surface area (Å²) >= 11 is 0.955. The van der Waals surface area contributed by atoms with Gasteiger partial charge >= 0.3 is 11.0 Å². The van der Waals surface area contributed by atoms with Gasteiger partial charge in [0, 0.05) is 6.04 Å². The molecule has 102 valence electrons. The molecule has 2 fully saturated rings. The zero-order valence-corrected chi connectivity index (χ0v) is 10.8. The fourth-order valence-corrected chi connectivity index (χ4v) is 4.09. The molecule has 0 aromatic carbocycles. The number of nitrogens with zero attached hydrogens (tertiary/aromatic N) is 2. The molecule has 1 heterocycles. The van der Waals surface area contributed by atoms with E-state index in [1.54, 1.807) is 0 Å². The number of nitrogens with one attached hydrogen (secondary N) is 1. The Morgan fingerprint density at radius 2 is 2.26 bits per heavy atom. The van der Waals surface area contributed by atoms with E-state index in [1.807, 2.05) is 0 Å². The molecule has 1 aromatic rings. The Hall–Kier alpha value is -1.70. The lowest BCUT2D eigenvalue weighted by Crippen LogP contribution is -2.39. The number of thiazole rings is 1. The van der Waals surface area contributed by atoms with Crippen molar-refractivity contribution in [3.05, 3.63) is 16.3 Å². The summed E-state index contributed by atoms with van der Waals surface area (Å²) in [5, 5.41) is 23.4. The fourth-order valence-electron chi connectivity index (χ4n) is 3.41. The van der Waals surface area contributed by atoms with Crippen molar-refractivity contribution in [2.45, 2.75) is 25.3 Å². The molecule has 2 aliphatic carbocycles. The number of aliphatic carboxylic acids is 1. The SMILES string of the molecule is O=C(O)C1C2CCC(C2)C1Nc1ncc([N+](=O)[O-])s1. The van der Waals surface area contributed by atoms with E-state index in [4.69, 9.17) is 0 Å². The Bertz CT molecular complexity index is 532. The maximum Gasteiger partial charge on any atom is 0.345 e. The summed E-state index contributed by atoms with van der Waals surface area (Å²) < 4.78 is 0. The second-order valence-electron chi connectivity index (χ2n) is 5.13. The minimum atomic E-state index is -0.782. The topological polar surface area (TPSA) is 105 Å². The average molecular weight is 283 g/mol. The molecular formula is C11H13N3O4S. The van der Waals surface area contributed by atoms with Gasteiger partial charge in [-0.05, 0) is 42.4 Å². The Kier molecular flexibility index (Phi) is 2.89. The number of hydrogen-bond acceptors (Lipinski definition) is 6. The van der Waals surface area contributed by atoms with Crippen LogP contribution in [0.15, 0.2) is 6.20 Å². The van der Waals surface area contributed by atoms with Crippen molar-refractivity contribution >= 4 is 27.4 Å². The molecule has 3 rings (SSSR count). The van der Waals surface area contributed by atoms with E-state index >= 15 is 0 Å². The fraction of sp³-hybridized carbons (Fsp3) is 0.636. The third kappa shape index (κ3) is 2.05. The summed E-state index contributed by atoms with van der Waals surface area (Å²) in [6.45, 7) is 0. The van der Waals surface area contributed by atoms with Gasteiger partial charge in [-0.15, -0.1) is 0 Å². The van der Waals surface area contributed by atoms with Crippen LogP contribution in [-0.2, 0) is 4.79 Å². The van der Waals surface area contributed by atoms with Gasteiger partial charge in [0.2, 0.25) is 0 Å². The predicted octanol–water partition coefficient (Wildman–Crippen LogP) is 1.96. The van der Waals surface area contributed by atoms with E-state index in [0.29, 0.717) is 11.0 Å². The molecule has 2 aliphatic rings. The first-order valence-electron chi connectivity index (χ1n) is 6.16. The highest BCUT2D eigenvalue weighted by Crippen LogP contribution is 2.49. The summed E-state index contributed by atoms with van der Waals surface area (Å²) in [5.41, 5.74) is 0. The zero-order valence-electron chi connectivity index (χ0n) is 9.98. The molecule has 2 saturated carbocycles. The van der Waals surface area contributed by atoms with Crippen LogP contribution in [-0.4, -0.2) is 27.0 Å². The molecule has 7 nitrogen and oxygen atoms in total. The molecule has 4 unspecified atom stereocenters. The second kappa shape index (κ2) is 4.44. The quantitative estimate of drug-likeness (QED) is 0.646. The number of hydrogen-bond donors (Lipinski definition) is 2. The number of fused-ring (bicyclic) bond motifs is 2. The monoisotopic (exact) mass is 283 g/mol. The summed E-state index contributed by atoms with van der Waals surface area (Å²) in [7, 11) is 0. The molecule has 0 radical (unpaired) electrons. The van der Waals surface area contributed by atoms with E-state index in [9.17, 15) is 20.0 Å². The summed E-state index contributed by atoms with van der Waals surface area (Å²) in [5.74, 6) is -0.610. The Morgan fingerprint density at radius 1 is 1.53 bits per heavy atom. The lowest BCUT2D eigenvalue weighted by molar-refractivity contribution is -0.380. The minimum Gasteiger partial charge on any atom is -0.481 e. The van der Waals surface area contributed by atoms with Crippen LogP contribution < -0.4 is 5.32 Å². The molecule has 0 saturated heterocycles. The highest BCUT2D eigenvalue weighted by Gasteiger charge is 2.51. The highest BCUT2D eigenvalue weighted by atomic mass is 32.1. The van der Waals surface area contributed by atoms with Crippen molar-refractivity contribution < 1.29 is 14.8 Å². The number of nitro groups is 1. The summed E-state index contributed by atoms with van der Waals surface area (Å²) in [6.07, 6.45) is 4.13. The Morgan fingerprint density at radius 3 is 2.89 bits per heavy atom. The molecule has 0 aliphatic heterocycles.